The molecule has 1 heterocycles. The van der Waals surface area contributed by atoms with Crippen LogP contribution in [0.5, 0.6) is 0 Å². The number of nitrogens with zero attached hydrogens (tertiary/aromatic N) is 1. The molecule has 0 aliphatic carbocycles. The zero-order valence-electron chi connectivity index (χ0n) is 12.4. The van der Waals surface area contributed by atoms with Crippen LogP contribution in [-0.2, 0) is 9.47 Å². The molecule has 1 rings (SSSR count). The van der Waals surface area contributed by atoms with E-state index in [1.54, 1.807) is 0 Å². The van der Waals surface area contributed by atoms with Crippen molar-refractivity contribution >= 4 is 0 Å². The van der Waals surface area contributed by atoms with E-state index in [0.29, 0.717) is 6.10 Å². The molecule has 0 spiro atoms. The molecule has 1 atom stereocenters. The molecule has 0 radical (unpaired) electrons. The maximum atomic E-state index is 9.21. The Labute approximate surface area is 117 Å². The van der Waals surface area contributed by atoms with E-state index in [0.717, 1.165) is 64.9 Å². The van der Waals surface area contributed by atoms with Gasteiger partial charge in [0.25, 0.3) is 0 Å². The quantitative estimate of drug-likeness (QED) is 0.653. The molecule has 4 nitrogen and oxygen atoms in total. The highest BCUT2D eigenvalue weighted by Crippen LogP contribution is 2.15. The zero-order chi connectivity index (χ0) is 14.0. The molecule has 0 aromatic carbocycles. The van der Waals surface area contributed by atoms with Crippen LogP contribution in [0.4, 0.5) is 0 Å². The van der Waals surface area contributed by atoms with E-state index in [1.165, 1.54) is 0 Å². The minimum absolute atomic E-state index is 0.380. The molecule has 0 aromatic heterocycles. The number of unbranched alkanes of at least 4 members (excludes halogenated alkanes) is 1. The van der Waals surface area contributed by atoms with Crippen LogP contribution >= 0.6 is 0 Å². The van der Waals surface area contributed by atoms with Crippen LogP contribution < -0.4 is 5.32 Å². The zero-order valence-corrected chi connectivity index (χ0v) is 12.4. The van der Waals surface area contributed by atoms with Gasteiger partial charge in [-0.15, -0.1) is 0 Å². The fourth-order valence-electron chi connectivity index (χ4n) is 2.26. The molecular formula is C15H28N2O2. The lowest BCUT2D eigenvalue weighted by molar-refractivity contribution is -0.0328. The third kappa shape index (κ3) is 6.91. The molecular weight excluding hydrogens is 240 g/mol. The van der Waals surface area contributed by atoms with Gasteiger partial charge in [0, 0.05) is 19.8 Å². The Morgan fingerprint density at radius 2 is 2.11 bits per heavy atom. The van der Waals surface area contributed by atoms with Crippen LogP contribution in [0.25, 0.3) is 0 Å². The molecule has 0 amide bonds. The summed E-state index contributed by atoms with van der Waals surface area (Å²) in [5, 5.41) is 12.5. The van der Waals surface area contributed by atoms with Crippen molar-refractivity contribution in [2.75, 3.05) is 26.4 Å². The summed E-state index contributed by atoms with van der Waals surface area (Å²) in [6.07, 6.45) is 6.44. The summed E-state index contributed by atoms with van der Waals surface area (Å²) >= 11 is 0. The van der Waals surface area contributed by atoms with Crippen molar-refractivity contribution in [3.8, 4) is 6.07 Å². The first-order valence-corrected chi connectivity index (χ1v) is 7.56. The van der Waals surface area contributed by atoms with Gasteiger partial charge in [-0.05, 0) is 52.0 Å². The van der Waals surface area contributed by atoms with E-state index in [-0.39, 0.29) is 5.54 Å². The van der Waals surface area contributed by atoms with E-state index < -0.39 is 0 Å². The van der Waals surface area contributed by atoms with Crippen molar-refractivity contribution in [2.24, 2.45) is 0 Å². The van der Waals surface area contributed by atoms with Gasteiger partial charge < -0.3 is 9.47 Å². The summed E-state index contributed by atoms with van der Waals surface area (Å²) in [7, 11) is 0. The average molecular weight is 268 g/mol. The van der Waals surface area contributed by atoms with Gasteiger partial charge >= 0.3 is 0 Å². The minimum atomic E-state index is -0.380. The number of rotatable bonds is 9. The number of nitriles is 1. The normalized spacial score (nSPS) is 19.8. The smallest absolute Gasteiger partial charge is 0.103 e. The molecule has 0 bridgehead atoms. The molecule has 0 aromatic rings. The molecule has 1 fully saturated rings. The molecule has 1 saturated heterocycles. The highest BCUT2D eigenvalue weighted by molar-refractivity contribution is 5.03. The van der Waals surface area contributed by atoms with E-state index >= 15 is 0 Å². The Bertz CT molecular complexity index is 272. The van der Waals surface area contributed by atoms with Gasteiger partial charge in [-0.1, -0.05) is 6.92 Å². The molecule has 110 valence electrons. The molecule has 1 aliphatic rings. The number of ether oxygens (including phenoxy) is 2. The van der Waals surface area contributed by atoms with Crippen LogP contribution in [0.15, 0.2) is 0 Å². The Morgan fingerprint density at radius 3 is 2.74 bits per heavy atom. The second-order valence-electron chi connectivity index (χ2n) is 5.51. The lowest BCUT2D eigenvalue weighted by Gasteiger charge is -2.24. The Hall–Kier alpha value is -0.630. The summed E-state index contributed by atoms with van der Waals surface area (Å²) in [5.74, 6) is 0. The fourth-order valence-corrected chi connectivity index (χ4v) is 2.26. The monoisotopic (exact) mass is 268 g/mol. The van der Waals surface area contributed by atoms with Crippen molar-refractivity contribution in [3.05, 3.63) is 0 Å². The lowest BCUT2D eigenvalue weighted by atomic mass is 9.96. The second-order valence-corrected chi connectivity index (χ2v) is 5.51. The molecule has 1 N–H and O–H groups in total. The van der Waals surface area contributed by atoms with Gasteiger partial charge in [-0.3, -0.25) is 5.32 Å². The van der Waals surface area contributed by atoms with Gasteiger partial charge in [0.1, 0.15) is 5.54 Å². The summed E-state index contributed by atoms with van der Waals surface area (Å²) in [4.78, 5) is 0. The van der Waals surface area contributed by atoms with Crippen LogP contribution in [0.2, 0.25) is 0 Å². The largest absolute Gasteiger partial charge is 0.381 e. The SMILES string of the molecule is CCCNC(C)(C#N)CCCCOC1CCOCC1. The van der Waals surface area contributed by atoms with Crippen LogP contribution in [0, 0.1) is 11.3 Å². The van der Waals surface area contributed by atoms with Crippen molar-refractivity contribution in [1.29, 1.82) is 5.26 Å². The fraction of sp³-hybridized carbons (Fsp3) is 0.933. The summed E-state index contributed by atoms with van der Waals surface area (Å²) in [6.45, 7) is 7.48. The minimum Gasteiger partial charge on any atom is -0.381 e. The average Bonchev–Trinajstić information content (AvgIpc) is 2.46. The van der Waals surface area contributed by atoms with Gasteiger partial charge in [-0.25, -0.2) is 0 Å². The van der Waals surface area contributed by atoms with Crippen LogP contribution in [0.3, 0.4) is 0 Å². The van der Waals surface area contributed by atoms with Gasteiger partial charge in [0.05, 0.1) is 12.2 Å². The summed E-state index contributed by atoms with van der Waals surface area (Å²) < 4.78 is 11.1. The standard InChI is InChI=1S/C15H28N2O2/c1-3-9-17-15(2,13-16)8-4-5-10-19-14-6-11-18-12-7-14/h14,17H,3-12H2,1-2H3. The first-order chi connectivity index (χ1) is 9.20. The van der Waals surface area contributed by atoms with Gasteiger partial charge in [-0.2, -0.15) is 5.26 Å². The predicted octanol–water partition coefficient (Wildman–Crippen LogP) is 2.63. The highest BCUT2D eigenvalue weighted by atomic mass is 16.5. The topological polar surface area (TPSA) is 54.3 Å². The number of hydrogen-bond donors (Lipinski definition) is 1. The van der Waals surface area contributed by atoms with E-state index in [4.69, 9.17) is 9.47 Å². The van der Waals surface area contributed by atoms with Crippen LogP contribution in [-0.4, -0.2) is 38.0 Å². The lowest BCUT2D eigenvalue weighted by Crippen LogP contribution is -2.41. The van der Waals surface area contributed by atoms with Gasteiger partial charge in [0.15, 0.2) is 0 Å². The molecule has 0 saturated carbocycles. The number of nitrogens with one attached hydrogen (secondary N) is 1. The number of hydrogen-bond acceptors (Lipinski definition) is 4. The maximum Gasteiger partial charge on any atom is 0.103 e. The predicted molar refractivity (Wildman–Crippen MR) is 76.0 cm³/mol. The van der Waals surface area contributed by atoms with E-state index in [9.17, 15) is 5.26 Å². The Kier molecular flexibility index (Phi) is 8.04. The first-order valence-electron chi connectivity index (χ1n) is 7.56. The third-order valence-corrected chi connectivity index (χ3v) is 3.60. The van der Waals surface area contributed by atoms with Crippen molar-refractivity contribution in [3.63, 3.8) is 0 Å². The highest BCUT2D eigenvalue weighted by Gasteiger charge is 2.21. The van der Waals surface area contributed by atoms with Gasteiger partial charge in [0.2, 0.25) is 0 Å². The van der Waals surface area contributed by atoms with E-state index in [2.05, 4.69) is 18.3 Å². The molecule has 1 unspecified atom stereocenters. The molecule has 4 heteroatoms. The first kappa shape index (κ1) is 16.4. The Balaban J connectivity index is 2.06. The maximum absolute atomic E-state index is 9.21. The van der Waals surface area contributed by atoms with Crippen molar-refractivity contribution in [1.82, 2.24) is 5.32 Å². The Morgan fingerprint density at radius 1 is 1.37 bits per heavy atom. The summed E-state index contributed by atoms with van der Waals surface area (Å²) in [5.41, 5.74) is -0.380. The third-order valence-electron chi connectivity index (χ3n) is 3.60. The van der Waals surface area contributed by atoms with Crippen molar-refractivity contribution in [2.45, 2.75) is 64.0 Å². The summed E-state index contributed by atoms with van der Waals surface area (Å²) in [6, 6.07) is 2.39. The van der Waals surface area contributed by atoms with E-state index in [1.807, 2.05) is 6.92 Å². The molecule has 19 heavy (non-hydrogen) atoms. The van der Waals surface area contributed by atoms with Crippen LogP contribution in [0.1, 0.15) is 52.4 Å². The molecule has 1 aliphatic heterocycles. The second kappa shape index (κ2) is 9.30. The van der Waals surface area contributed by atoms with Crippen molar-refractivity contribution < 1.29 is 9.47 Å².